The Bertz CT molecular complexity index is 1500. The van der Waals surface area contributed by atoms with Crippen molar-refractivity contribution in [3.63, 3.8) is 0 Å². The number of amides is 4. The number of fused-ring (bicyclic) bond motifs is 1. The molecule has 0 heterocycles. The van der Waals surface area contributed by atoms with Gasteiger partial charge >= 0.3 is 6.09 Å². The number of nitrogens with two attached hydrogens (primary N) is 1. The van der Waals surface area contributed by atoms with Crippen molar-refractivity contribution in [1.82, 2.24) is 10.2 Å². The molecular weight excluding hydrogens is 572 g/mol. The van der Waals surface area contributed by atoms with Gasteiger partial charge in [0.05, 0.1) is 0 Å². The molecule has 2 atom stereocenters. The number of hydrogen-bond donors (Lipinski definition) is 4. The third-order valence-corrected chi connectivity index (χ3v) is 7.34. The van der Waals surface area contributed by atoms with E-state index in [2.05, 4.69) is 17.6 Å². The van der Waals surface area contributed by atoms with Gasteiger partial charge in [0.15, 0.2) is 0 Å². The van der Waals surface area contributed by atoms with Crippen LogP contribution in [0.5, 0.6) is 5.75 Å². The molecular formula is C35H46N4O6. The summed E-state index contributed by atoms with van der Waals surface area (Å²) in [6.45, 7) is 9.02. The number of unbranched alkanes of at least 4 members (excludes halogenated alkanes) is 3. The van der Waals surface area contributed by atoms with E-state index in [-0.39, 0.29) is 30.7 Å². The number of hydrogen-bond acceptors (Lipinski definition) is 6. The number of rotatable bonds is 14. The third-order valence-electron chi connectivity index (χ3n) is 7.34. The third kappa shape index (κ3) is 10.2. The number of carbonyl (C=O) groups is 4. The molecule has 2 unspecified atom stereocenters. The molecule has 0 spiro atoms. The van der Waals surface area contributed by atoms with Gasteiger partial charge in [0.25, 0.3) is 5.91 Å². The van der Waals surface area contributed by atoms with Crippen LogP contribution in [0.3, 0.4) is 0 Å². The Labute approximate surface area is 265 Å². The van der Waals surface area contributed by atoms with Crippen LogP contribution in [0.4, 0.5) is 10.5 Å². The van der Waals surface area contributed by atoms with Crippen LogP contribution in [-0.4, -0.2) is 52.0 Å². The number of nitrogens with zero attached hydrogens (tertiary/aromatic N) is 1. The zero-order valence-electron chi connectivity index (χ0n) is 26.9. The highest BCUT2D eigenvalue weighted by Gasteiger charge is 2.37. The molecule has 0 saturated carbocycles. The molecule has 0 aliphatic carbocycles. The van der Waals surface area contributed by atoms with Crippen LogP contribution in [0.2, 0.25) is 0 Å². The number of alkyl carbamates (subject to hydrolysis) is 1. The molecule has 3 rings (SSSR count). The predicted octanol–water partition coefficient (Wildman–Crippen LogP) is 6.10. The zero-order chi connectivity index (χ0) is 33.1. The summed E-state index contributed by atoms with van der Waals surface area (Å²) in [7, 11) is 0. The van der Waals surface area contributed by atoms with Gasteiger partial charge < -0.3 is 31.1 Å². The maximum Gasteiger partial charge on any atom is 0.408 e. The number of phenols is 1. The van der Waals surface area contributed by atoms with Crippen molar-refractivity contribution < 1.29 is 29.0 Å². The molecule has 0 aromatic heterocycles. The van der Waals surface area contributed by atoms with Crippen molar-refractivity contribution in [3.05, 3.63) is 71.8 Å². The first-order valence-electron chi connectivity index (χ1n) is 15.5. The lowest BCUT2D eigenvalue weighted by Gasteiger charge is -2.35. The highest BCUT2D eigenvalue weighted by atomic mass is 16.6. The van der Waals surface area contributed by atoms with E-state index in [4.69, 9.17) is 10.5 Å². The van der Waals surface area contributed by atoms with Crippen molar-refractivity contribution in [2.75, 3.05) is 11.9 Å². The predicted molar refractivity (Wildman–Crippen MR) is 176 cm³/mol. The molecule has 45 heavy (non-hydrogen) atoms. The number of primary amides is 1. The molecule has 4 amide bonds. The second-order valence-electron chi connectivity index (χ2n) is 12.3. The first kappa shape index (κ1) is 34.9. The number of nitrogens with one attached hydrogen (secondary N) is 2. The molecule has 10 heteroatoms. The van der Waals surface area contributed by atoms with Crippen LogP contribution in [0.25, 0.3) is 10.8 Å². The average Bonchev–Trinajstić information content (AvgIpc) is 2.97. The number of benzene rings is 3. The fraction of sp³-hybridized carbons (Fsp3) is 0.429. The standard InChI is InChI=1S/C35H46N4O6/c1-6-7-8-11-21-39(33(43)28(19-20-29(36)40)38-34(44)45-35(3,4)5)30(27-16-12-13-23(2)31(27)41)32(42)37-26-18-17-24-14-9-10-15-25(24)22-26/h9-10,12-18,22,28,30,41H,6-8,11,19-21H2,1-5H3,(H2,36,40)(H,37,42)(H,38,44). The van der Waals surface area contributed by atoms with Gasteiger partial charge in [-0.2, -0.15) is 0 Å². The van der Waals surface area contributed by atoms with E-state index in [1.165, 1.54) is 4.90 Å². The second-order valence-corrected chi connectivity index (χ2v) is 12.3. The van der Waals surface area contributed by atoms with Gasteiger partial charge in [-0.1, -0.05) is 74.7 Å². The normalized spacial score (nSPS) is 12.6. The fourth-order valence-electron chi connectivity index (χ4n) is 5.10. The molecule has 3 aromatic carbocycles. The Kier molecular flexibility index (Phi) is 12.3. The molecule has 10 nitrogen and oxygen atoms in total. The maximum absolute atomic E-state index is 14.4. The lowest BCUT2D eigenvalue weighted by molar-refractivity contribution is -0.141. The van der Waals surface area contributed by atoms with E-state index < -0.39 is 41.5 Å². The van der Waals surface area contributed by atoms with E-state index >= 15 is 0 Å². The topological polar surface area (TPSA) is 151 Å². The summed E-state index contributed by atoms with van der Waals surface area (Å²) in [5.74, 6) is -1.90. The summed E-state index contributed by atoms with van der Waals surface area (Å²) < 4.78 is 5.40. The van der Waals surface area contributed by atoms with E-state index in [9.17, 15) is 24.3 Å². The smallest absolute Gasteiger partial charge is 0.408 e. The average molecular weight is 619 g/mol. The second kappa shape index (κ2) is 15.9. The molecule has 0 radical (unpaired) electrons. The molecule has 5 N–H and O–H groups in total. The van der Waals surface area contributed by atoms with Crippen LogP contribution < -0.4 is 16.4 Å². The highest BCUT2D eigenvalue weighted by Crippen LogP contribution is 2.34. The first-order chi connectivity index (χ1) is 21.3. The number of phenolic OH excluding ortho intramolecular Hbond substituents is 1. The van der Waals surface area contributed by atoms with E-state index in [1.54, 1.807) is 52.0 Å². The van der Waals surface area contributed by atoms with Crippen molar-refractivity contribution in [1.29, 1.82) is 0 Å². The van der Waals surface area contributed by atoms with Gasteiger partial charge in [0.2, 0.25) is 11.8 Å². The van der Waals surface area contributed by atoms with Gasteiger partial charge in [-0.15, -0.1) is 0 Å². The Morgan fingerprint density at radius 2 is 1.67 bits per heavy atom. The number of carbonyl (C=O) groups excluding carboxylic acids is 4. The number of anilines is 1. The van der Waals surface area contributed by atoms with Gasteiger partial charge in [0, 0.05) is 24.2 Å². The quantitative estimate of drug-likeness (QED) is 0.160. The van der Waals surface area contributed by atoms with E-state index in [0.29, 0.717) is 17.7 Å². The van der Waals surface area contributed by atoms with Crippen LogP contribution >= 0.6 is 0 Å². The zero-order valence-corrected chi connectivity index (χ0v) is 26.9. The number of para-hydroxylation sites is 1. The van der Waals surface area contributed by atoms with Crippen molar-refractivity contribution in [2.24, 2.45) is 5.73 Å². The van der Waals surface area contributed by atoms with Gasteiger partial charge in [0.1, 0.15) is 23.4 Å². The summed E-state index contributed by atoms with van der Waals surface area (Å²) in [5.41, 5.74) is 5.88. The fourth-order valence-corrected chi connectivity index (χ4v) is 5.10. The lowest BCUT2D eigenvalue weighted by Crippen LogP contribution is -2.52. The summed E-state index contributed by atoms with van der Waals surface area (Å²) in [4.78, 5) is 54.6. The summed E-state index contributed by atoms with van der Waals surface area (Å²) in [5, 5.41) is 18.7. The summed E-state index contributed by atoms with van der Waals surface area (Å²) in [6, 6.07) is 15.8. The lowest BCUT2D eigenvalue weighted by atomic mass is 9.98. The Morgan fingerprint density at radius 1 is 0.956 bits per heavy atom. The largest absolute Gasteiger partial charge is 0.507 e. The molecule has 0 bridgehead atoms. The molecule has 0 fully saturated rings. The first-order valence-corrected chi connectivity index (χ1v) is 15.5. The summed E-state index contributed by atoms with van der Waals surface area (Å²) >= 11 is 0. The van der Waals surface area contributed by atoms with Crippen molar-refractivity contribution in [3.8, 4) is 5.75 Å². The minimum Gasteiger partial charge on any atom is -0.507 e. The van der Waals surface area contributed by atoms with Crippen molar-refractivity contribution >= 4 is 40.3 Å². The SMILES string of the molecule is CCCCCCN(C(=O)C(CCC(N)=O)NC(=O)OC(C)(C)C)C(C(=O)Nc1ccc2ccccc2c1)c1cccc(C)c1O. The minimum atomic E-state index is -1.26. The molecule has 0 saturated heterocycles. The Balaban J connectivity index is 2.08. The molecule has 242 valence electrons. The van der Waals surface area contributed by atoms with Gasteiger partial charge in [-0.05, 0) is 69.0 Å². The molecule has 3 aromatic rings. The summed E-state index contributed by atoms with van der Waals surface area (Å²) in [6.07, 6.45) is 2.13. The number of ether oxygens (including phenoxy) is 1. The molecule has 0 aliphatic heterocycles. The number of aromatic hydroxyl groups is 1. The van der Waals surface area contributed by atoms with Gasteiger partial charge in [-0.25, -0.2) is 4.79 Å². The Morgan fingerprint density at radius 3 is 2.33 bits per heavy atom. The van der Waals surface area contributed by atoms with Crippen LogP contribution in [0, 0.1) is 6.92 Å². The molecule has 0 aliphatic rings. The van der Waals surface area contributed by atoms with Crippen LogP contribution in [-0.2, 0) is 19.1 Å². The van der Waals surface area contributed by atoms with E-state index in [0.717, 1.165) is 30.0 Å². The Hall–Kier alpha value is -4.60. The highest BCUT2D eigenvalue weighted by molar-refractivity contribution is 6.01. The van der Waals surface area contributed by atoms with E-state index in [1.807, 2.05) is 36.4 Å². The number of aryl methyl sites for hydroxylation is 1. The van der Waals surface area contributed by atoms with Crippen LogP contribution in [0.15, 0.2) is 60.7 Å². The monoisotopic (exact) mass is 618 g/mol. The van der Waals surface area contributed by atoms with Gasteiger partial charge in [-0.3, -0.25) is 14.4 Å². The minimum absolute atomic E-state index is 0.0995. The maximum atomic E-state index is 14.4. The van der Waals surface area contributed by atoms with Crippen LogP contribution in [0.1, 0.15) is 83.4 Å². The van der Waals surface area contributed by atoms with Crippen molar-refractivity contribution in [2.45, 2.75) is 90.8 Å².